The number of ether oxygens (including phenoxy) is 1. The van der Waals surface area contributed by atoms with E-state index in [0.29, 0.717) is 17.4 Å². The largest absolute Gasteiger partial charge is 0.489 e. The normalized spacial score (nSPS) is 15.2. The number of anilines is 2. The van der Waals surface area contributed by atoms with Gasteiger partial charge < -0.3 is 15.0 Å². The minimum Gasteiger partial charge on any atom is -0.489 e. The van der Waals surface area contributed by atoms with Gasteiger partial charge in [-0.25, -0.2) is 0 Å². The number of amides is 1. The van der Waals surface area contributed by atoms with Crippen LogP contribution in [0, 0.1) is 5.92 Å². The minimum absolute atomic E-state index is 0.0421. The summed E-state index contributed by atoms with van der Waals surface area (Å²) in [6.45, 7) is 7.78. The molecule has 1 fully saturated rings. The summed E-state index contributed by atoms with van der Waals surface area (Å²) in [7, 11) is 0. The Hall–Kier alpha value is -2.63. The second-order valence-corrected chi connectivity index (χ2v) is 7.07. The van der Waals surface area contributed by atoms with E-state index in [1.807, 2.05) is 43.0 Å². The predicted octanol–water partition coefficient (Wildman–Crippen LogP) is 3.88. The summed E-state index contributed by atoms with van der Waals surface area (Å²) in [5, 5.41) is 11.5. The molecule has 138 valence electrons. The van der Waals surface area contributed by atoms with Crippen molar-refractivity contribution < 1.29 is 9.53 Å². The van der Waals surface area contributed by atoms with E-state index in [1.54, 1.807) is 12.1 Å². The average Bonchev–Trinajstić information content (AvgIpc) is 2.64. The molecule has 0 saturated carbocycles. The number of para-hydroxylation sites is 2. The third-order valence-electron chi connectivity index (χ3n) is 4.47. The fourth-order valence-corrected chi connectivity index (χ4v) is 2.95. The third kappa shape index (κ3) is 4.50. The zero-order valence-electron chi connectivity index (χ0n) is 15.6. The number of nitrogens with zero attached hydrogens (tertiary/aromatic N) is 3. The van der Waals surface area contributed by atoms with E-state index in [-0.39, 0.29) is 12.0 Å². The van der Waals surface area contributed by atoms with Crippen LogP contribution in [0.4, 0.5) is 11.5 Å². The second kappa shape index (κ2) is 8.17. The van der Waals surface area contributed by atoms with Crippen LogP contribution in [0.1, 0.15) is 44.1 Å². The number of hydrogen-bond donors (Lipinski definition) is 1. The summed E-state index contributed by atoms with van der Waals surface area (Å²) < 4.78 is 5.80. The molecule has 0 bridgehead atoms. The summed E-state index contributed by atoms with van der Waals surface area (Å²) in [4.78, 5) is 14.4. The zero-order chi connectivity index (χ0) is 18.5. The van der Waals surface area contributed by atoms with Crippen LogP contribution in [0.5, 0.6) is 5.75 Å². The average molecular weight is 354 g/mol. The van der Waals surface area contributed by atoms with Crippen molar-refractivity contribution in [2.24, 2.45) is 5.92 Å². The first-order valence-corrected chi connectivity index (χ1v) is 9.18. The smallest absolute Gasteiger partial charge is 0.274 e. The molecule has 0 spiro atoms. The maximum Gasteiger partial charge on any atom is 0.274 e. The topological polar surface area (TPSA) is 67.4 Å². The van der Waals surface area contributed by atoms with Crippen LogP contribution in [0.15, 0.2) is 36.4 Å². The zero-order valence-corrected chi connectivity index (χ0v) is 15.6. The fraction of sp³-hybridized carbons (Fsp3) is 0.450. The number of carbonyl (C=O) groups is 1. The Bertz CT molecular complexity index is 738. The summed E-state index contributed by atoms with van der Waals surface area (Å²) >= 11 is 0. The Kier molecular flexibility index (Phi) is 5.71. The Labute approximate surface area is 154 Å². The maximum atomic E-state index is 12.5. The monoisotopic (exact) mass is 354 g/mol. The van der Waals surface area contributed by atoms with Crippen LogP contribution >= 0.6 is 0 Å². The number of carbonyl (C=O) groups excluding carboxylic acids is 1. The highest BCUT2D eigenvalue weighted by atomic mass is 16.5. The standard InChI is InChI=1S/C20H26N4O2/c1-14(2)26-18-7-5-4-6-16(18)21-19-9-8-17(22-23-19)20(25)24-12-10-15(3)11-13-24/h4-9,14-15H,10-13H2,1-3H3,(H,21,23). The van der Waals surface area contributed by atoms with Gasteiger partial charge in [-0.1, -0.05) is 19.1 Å². The number of benzene rings is 1. The summed E-state index contributed by atoms with van der Waals surface area (Å²) in [5.41, 5.74) is 1.21. The Balaban J connectivity index is 1.68. The van der Waals surface area contributed by atoms with Crippen molar-refractivity contribution >= 4 is 17.4 Å². The van der Waals surface area contributed by atoms with E-state index in [1.165, 1.54) is 0 Å². The number of likely N-dealkylation sites (tertiary alicyclic amines) is 1. The van der Waals surface area contributed by atoms with Crippen LogP contribution in [-0.2, 0) is 0 Å². The van der Waals surface area contributed by atoms with Crippen molar-refractivity contribution in [1.82, 2.24) is 15.1 Å². The van der Waals surface area contributed by atoms with Crippen molar-refractivity contribution in [3.05, 3.63) is 42.1 Å². The first kappa shape index (κ1) is 18.2. The molecule has 2 aromatic rings. The molecule has 1 aromatic heterocycles. The molecular weight excluding hydrogens is 328 g/mol. The summed E-state index contributed by atoms with van der Waals surface area (Å²) in [5.74, 6) is 1.98. The molecule has 1 amide bonds. The molecule has 3 rings (SSSR count). The van der Waals surface area contributed by atoms with Crippen molar-refractivity contribution in [2.75, 3.05) is 18.4 Å². The number of aromatic nitrogens is 2. The number of nitrogens with one attached hydrogen (secondary N) is 1. The highest BCUT2D eigenvalue weighted by Gasteiger charge is 2.22. The summed E-state index contributed by atoms with van der Waals surface area (Å²) in [6.07, 6.45) is 2.17. The van der Waals surface area contributed by atoms with Crippen LogP contribution in [0.3, 0.4) is 0 Å². The van der Waals surface area contributed by atoms with E-state index in [0.717, 1.165) is 37.4 Å². The number of hydrogen-bond acceptors (Lipinski definition) is 5. The van der Waals surface area contributed by atoms with Gasteiger partial charge in [0, 0.05) is 13.1 Å². The van der Waals surface area contributed by atoms with Gasteiger partial charge >= 0.3 is 0 Å². The molecule has 1 aromatic carbocycles. The molecule has 6 heteroatoms. The van der Waals surface area contributed by atoms with Crippen molar-refractivity contribution in [3.63, 3.8) is 0 Å². The van der Waals surface area contributed by atoms with E-state index in [4.69, 9.17) is 4.74 Å². The minimum atomic E-state index is -0.0421. The van der Waals surface area contributed by atoms with Gasteiger partial charge in [-0.15, -0.1) is 10.2 Å². The van der Waals surface area contributed by atoms with Crippen LogP contribution in [0.2, 0.25) is 0 Å². The quantitative estimate of drug-likeness (QED) is 0.882. The van der Waals surface area contributed by atoms with E-state index in [9.17, 15) is 4.79 Å². The van der Waals surface area contributed by atoms with Gasteiger partial charge in [-0.05, 0) is 56.9 Å². The molecule has 2 heterocycles. The van der Waals surface area contributed by atoms with Crippen LogP contribution in [-0.4, -0.2) is 40.2 Å². The van der Waals surface area contributed by atoms with E-state index < -0.39 is 0 Å². The predicted molar refractivity (Wildman–Crippen MR) is 102 cm³/mol. The van der Waals surface area contributed by atoms with Gasteiger partial charge in [0.15, 0.2) is 11.5 Å². The van der Waals surface area contributed by atoms with Crippen LogP contribution in [0.25, 0.3) is 0 Å². The number of piperidine rings is 1. The van der Waals surface area contributed by atoms with Gasteiger partial charge in [0.2, 0.25) is 0 Å². The molecule has 1 aliphatic heterocycles. The molecule has 1 aliphatic rings. The SMILES string of the molecule is CC1CCN(C(=O)c2ccc(Nc3ccccc3OC(C)C)nn2)CC1. The molecule has 1 N–H and O–H groups in total. The first-order chi connectivity index (χ1) is 12.5. The van der Waals surface area contributed by atoms with E-state index in [2.05, 4.69) is 22.4 Å². The number of rotatable bonds is 5. The molecular formula is C20H26N4O2. The van der Waals surface area contributed by atoms with Crippen molar-refractivity contribution in [3.8, 4) is 5.75 Å². The van der Waals surface area contributed by atoms with Gasteiger partial charge in [-0.2, -0.15) is 0 Å². The van der Waals surface area contributed by atoms with E-state index >= 15 is 0 Å². The molecule has 0 radical (unpaired) electrons. The Morgan fingerprint density at radius 2 is 1.88 bits per heavy atom. The lowest BCUT2D eigenvalue weighted by Crippen LogP contribution is -2.38. The van der Waals surface area contributed by atoms with Gasteiger partial charge in [0.25, 0.3) is 5.91 Å². The first-order valence-electron chi connectivity index (χ1n) is 9.18. The molecule has 26 heavy (non-hydrogen) atoms. The molecule has 0 unspecified atom stereocenters. The lowest BCUT2D eigenvalue weighted by atomic mass is 9.99. The maximum absolute atomic E-state index is 12.5. The van der Waals surface area contributed by atoms with Crippen LogP contribution < -0.4 is 10.1 Å². The summed E-state index contributed by atoms with van der Waals surface area (Å²) in [6, 6.07) is 11.2. The van der Waals surface area contributed by atoms with Crippen molar-refractivity contribution in [2.45, 2.75) is 39.7 Å². The Morgan fingerprint density at radius 1 is 1.15 bits per heavy atom. The van der Waals surface area contributed by atoms with Gasteiger partial charge in [-0.3, -0.25) is 4.79 Å². The van der Waals surface area contributed by atoms with Gasteiger partial charge in [0.05, 0.1) is 11.8 Å². The molecule has 0 aliphatic carbocycles. The third-order valence-corrected chi connectivity index (χ3v) is 4.47. The lowest BCUT2D eigenvalue weighted by molar-refractivity contribution is 0.0690. The lowest BCUT2D eigenvalue weighted by Gasteiger charge is -2.29. The Morgan fingerprint density at radius 3 is 2.54 bits per heavy atom. The molecule has 1 saturated heterocycles. The van der Waals surface area contributed by atoms with Crippen molar-refractivity contribution in [1.29, 1.82) is 0 Å². The highest BCUT2D eigenvalue weighted by molar-refractivity contribution is 5.92. The fourth-order valence-electron chi connectivity index (χ4n) is 2.95. The molecule has 0 atom stereocenters. The highest BCUT2D eigenvalue weighted by Crippen LogP contribution is 2.27. The second-order valence-electron chi connectivity index (χ2n) is 7.07. The van der Waals surface area contributed by atoms with Gasteiger partial charge in [0.1, 0.15) is 5.75 Å². The molecule has 6 nitrogen and oxygen atoms in total.